The van der Waals surface area contributed by atoms with E-state index < -0.39 is 5.82 Å². The third-order valence-electron chi connectivity index (χ3n) is 2.66. The van der Waals surface area contributed by atoms with Gasteiger partial charge in [0.15, 0.2) is 0 Å². The van der Waals surface area contributed by atoms with E-state index in [1.807, 2.05) is 19.1 Å². The summed E-state index contributed by atoms with van der Waals surface area (Å²) in [6.07, 6.45) is 0. The zero-order valence-corrected chi connectivity index (χ0v) is 11.0. The SMILES string of the molecule is Cc1ccc(Cl)c(OCc2cc(F)ccc2C#N)c1. The summed E-state index contributed by atoms with van der Waals surface area (Å²) in [6.45, 7) is 2.02. The van der Waals surface area contributed by atoms with Gasteiger partial charge in [-0.1, -0.05) is 17.7 Å². The molecule has 0 amide bonds. The van der Waals surface area contributed by atoms with Crippen LogP contribution in [0.4, 0.5) is 4.39 Å². The molecule has 0 saturated heterocycles. The molecule has 19 heavy (non-hydrogen) atoms. The van der Waals surface area contributed by atoms with Gasteiger partial charge in [-0.15, -0.1) is 0 Å². The topological polar surface area (TPSA) is 33.0 Å². The summed E-state index contributed by atoms with van der Waals surface area (Å²) in [7, 11) is 0. The van der Waals surface area contributed by atoms with Gasteiger partial charge in [0.1, 0.15) is 18.2 Å². The zero-order valence-electron chi connectivity index (χ0n) is 10.3. The maximum absolute atomic E-state index is 13.2. The smallest absolute Gasteiger partial charge is 0.138 e. The minimum Gasteiger partial charge on any atom is -0.487 e. The van der Waals surface area contributed by atoms with Crippen molar-refractivity contribution < 1.29 is 9.13 Å². The Morgan fingerprint density at radius 2 is 2.05 bits per heavy atom. The molecule has 0 radical (unpaired) electrons. The second-order valence-electron chi connectivity index (χ2n) is 4.14. The summed E-state index contributed by atoms with van der Waals surface area (Å²) in [5.41, 5.74) is 1.91. The predicted octanol–water partition coefficient (Wildman–Crippen LogP) is 4.24. The van der Waals surface area contributed by atoms with Crippen LogP contribution in [0.2, 0.25) is 5.02 Å². The molecule has 0 N–H and O–H groups in total. The van der Waals surface area contributed by atoms with Crippen molar-refractivity contribution >= 4 is 11.6 Å². The maximum atomic E-state index is 13.2. The van der Waals surface area contributed by atoms with Crippen molar-refractivity contribution in [3.05, 3.63) is 63.9 Å². The fraction of sp³-hybridized carbons (Fsp3) is 0.133. The second-order valence-corrected chi connectivity index (χ2v) is 4.54. The lowest BCUT2D eigenvalue weighted by Crippen LogP contribution is -2.00. The fourth-order valence-electron chi connectivity index (χ4n) is 1.67. The van der Waals surface area contributed by atoms with E-state index in [4.69, 9.17) is 21.6 Å². The van der Waals surface area contributed by atoms with Crippen molar-refractivity contribution in [2.45, 2.75) is 13.5 Å². The minimum atomic E-state index is -0.395. The van der Waals surface area contributed by atoms with Gasteiger partial charge in [-0.25, -0.2) is 4.39 Å². The van der Waals surface area contributed by atoms with Crippen molar-refractivity contribution in [1.82, 2.24) is 0 Å². The molecule has 4 heteroatoms. The molecule has 0 unspecified atom stereocenters. The van der Waals surface area contributed by atoms with Gasteiger partial charge in [0.05, 0.1) is 16.7 Å². The van der Waals surface area contributed by atoms with E-state index in [0.29, 0.717) is 21.9 Å². The lowest BCUT2D eigenvalue weighted by Gasteiger charge is -2.10. The molecule has 0 bridgehead atoms. The molecular weight excluding hydrogens is 265 g/mol. The summed E-state index contributed by atoms with van der Waals surface area (Å²) < 4.78 is 18.7. The molecule has 2 rings (SSSR count). The van der Waals surface area contributed by atoms with E-state index in [-0.39, 0.29) is 6.61 Å². The van der Waals surface area contributed by atoms with Crippen LogP contribution in [0.15, 0.2) is 36.4 Å². The van der Waals surface area contributed by atoms with Crippen LogP contribution < -0.4 is 4.74 Å². The summed E-state index contributed by atoms with van der Waals surface area (Å²) in [6, 6.07) is 11.4. The van der Waals surface area contributed by atoms with Crippen LogP contribution in [-0.2, 0) is 6.61 Å². The van der Waals surface area contributed by atoms with E-state index in [2.05, 4.69) is 0 Å². The Morgan fingerprint density at radius 3 is 2.79 bits per heavy atom. The molecule has 2 aromatic carbocycles. The first-order valence-corrected chi connectivity index (χ1v) is 6.05. The van der Waals surface area contributed by atoms with Gasteiger partial charge in [-0.05, 0) is 42.8 Å². The second kappa shape index (κ2) is 5.73. The van der Waals surface area contributed by atoms with Crippen molar-refractivity contribution in [1.29, 1.82) is 5.26 Å². The molecule has 0 aromatic heterocycles. The number of benzene rings is 2. The standard InChI is InChI=1S/C15H11ClFNO/c1-10-2-5-14(16)15(6-10)19-9-12-7-13(17)4-3-11(12)8-18/h2-7H,9H2,1H3. The summed E-state index contributed by atoms with van der Waals surface area (Å²) in [5, 5.41) is 9.44. The Labute approximate surface area is 116 Å². The Balaban J connectivity index is 2.21. The number of hydrogen-bond acceptors (Lipinski definition) is 2. The van der Waals surface area contributed by atoms with Gasteiger partial charge < -0.3 is 4.74 Å². The number of nitriles is 1. The Bertz CT molecular complexity index is 649. The number of halogens is 2. The lowest BCUT2D eigenvalue weighted by atomic mass is 10.1. The average Bonchev–Trinajstić information content (AvgIpc) is 2.40. The summed E-state index contributed by atoms with van der Waals surface area (Å²) >= 11 is 6.00. The Morgan fingerprint density at radius 1 is 1.26 bits per heavy atom. The van der Waals surface area contributed by atoms with Gasteiger partial charge in [0.2, 0.25) is 0 Å². The molecule has 2 nitrogen and oxygen atoms in total. The van der Waals surface area contributed by atoms with E-state index in [1.165, 1.54) is 18.2 Å². The first-order chi connectivity index (χ1) is 9.10. The highest BCUT2D eigenvalue weighted by atomic mass is 35.5. The fourth-order valence-corrected chi connectivity index (χ4v) is 1.84. The molecule has 2 aromatic rings. The molecule has 0 aliphatic rings. The van der Waals surface area contributed by atoms with Crippen LogP contribution in [-0.4, -0.2) is 0 Å². The Hall–Kier alpha value is -2.05. The quantitative estimate of drug-likeness (QED) is 0.839. The molecule has 0 fully saturated rings. The van der Waals surface area contributed by atoms with Crippen LogP contribution in [0.5, 0.6) is 5.75 Å². The molecule has 0 spiro atoms. The van der Waals surface area contributed by atoms with Crippen LogP contribution in [0.3, 0.4) is 0 Å². The van der Waals surface area contributed by atoms with Crippen LogP contribution in [0, 0.1) is 24.1 Å². The number of rotatable bonds is 3. The molecule has 0 atom stereocenters. The van der Waals surface area contributed by atoms with E-state index in [0.717, 1.165) is 5.56 Å². The monoisotopic (exact) mass is 275 g/mol. The van der Waals surface area contributed by atoms with Gasteiger partial charge in [0.25, 0.3) is 0 Å². The number of aryl methyl sites for hydroxylation is 1. The molecule has 0 aliphatic heterocycles. The van der Waals surface area contributed by atoms with E-state index in [9.17, 15) is 4.39 Å². The summed E-state index contributed by atoms with van der Waals surface area (Å²) in [5.74, 6) is 0.128. The van der Waals surface area contributed by atoms with Crippen molar-refractivity contribution in [2.24, 2.45) is 0 Å². The molecule has 0 aliphatic carbocycles. The van der Waals surface area contributed by atoms with Gasteiger partial charge in [-0.2, -0.15) is 5.26 Å². The van der Waals surface area contributed by atoms with Crippen molar-refractivity contribution in [3.63, 3.8) is 0 Å². The van der Waals surface area contributed by atoms with Gasteiger partial charge >= 0.3 is 0 Å². The van der Waals surface area contributed by atoms with Gasteiger partial charge in [0, 0.05) is 5.56 Å². The third-order valence-corrected chi connectivity index (χ3v) is 2.97. The van der Waals surface area contributed by atoms with Crippen molar-refractivity contribution in [3.8, 4) is 11.8 Å². The molecular formula is C15H11ClFNO. The maximum Gasteiger partial charge on any atom is 0.138 e. The van der Waals surface area contributed by atoms with Crippen LogP contribution in [0.25, 0.3) is 0 Å². The number of ether oxygens (including phenoxy) is 1. The average molecular weight is 276 g/mol. The largest absolute Gasteiger partial charge is 0.487 e. The highest BCUT2D eigenvalue weighted by Gasteiger charge is 2.07. The highest BCUT2D eigenvalue weighted by Crippen LogP contribution is 2.26. The van der Waals surface area contributed by atoms with Gasteiger partial charge in [-0.3, -0.25) is 0 Å². The molecule has 0 saturated carbocycles. The molecule has 96 valence electrons. The summed E-state index contributed by atoms with van der Waals surface area (Å²) in [4.78, 5) is 0. The number of nitrogens with zero attached hydrogens (tertiary/aromatic N) is 1. The van der Waals surface area contributed by atoms with E-state index in [1.54, 1.807) is 12.1 Å². The molecule has 0 heterocycles. The number of hydrogen-bond donors (Lipinski definition) is 0. The lowest BCUT2D eigenvalue weighted by molar-refractivity contribution is 0.305. The van der Waals surface area contributed by atoms with E-state index >= 15 is 0 Å². The first kappa shape index (κ1) is 13.4. The predicted molar refractivity (Wildman–Crippen MR) is 71.6 cm³/mol. The normalized spacial score (nSPS) is 10.0. The van der Waals surface area contributed by atoms with Crippen molar-refractivity contribution in [2.75, 3.05) is 0 Å². The van der Waals surface area contributed by atoms with Crippen LogP contribution in [0.1, 0.15) is 16.7 Å². The Kier molecular flexibility index (Phi) is 4.03. The minimum absolute atomic E-state index is 0.101. The zero-order chi connectivity index (χ0) is 13.8. The third kappa shape index (κ3) is 3.24. The highest BCUT2D eigenvalue weighted by molar-refractivity contribution is 6.32. The van der Waals surface area contributed by atoms with Crippen LogP contribution >= 0.6 is 11.6 Å². The first-order valence-electron chi connectivity index (χ1n) is 5.67.